The summed E-state index contributed by atoms with van der Waals surface area (Å²) in [6.07, 6.45) is -0.399. The van der Waals surface area contributed by atoms with Gasteiger partial charge in [-0.2, -0.15) is 0 Å². The fraction of sp³-hybridized carbons (Fsp3) is 0.412. The Morgan fingerprint density at radius 2 is 2.07 bits per heavy atom. The van der Waals surface area contributed by atoms with Gasteiger partial charge in [0.25, 0.3) is 0 Å². The van der Waals surface area contributed by atoms with Crippen LogP contribution in [0.1, 0.15) is 39.3 Å². The Bertz CT molecular complexity index is 817. The van der Waals surface area contributed by atoms with Crippen molar-refractivity contribution in [3.05, 3.63) is 39.1 Å². The smallest absolute Gasteiger partial charge is 0.338 e. The lowest BCUT2D eigenvalue weighted by molar-refractivity contribution is -0.386. The Balaban J connectivity index is 2.61. The maximum Gasteiger partial charge on any atom is 0.338 e. The molecule has 0 saturated carbocycles. The molecule has 2 amide bonds. The molecule has 1 aliphatic heterocycles. The minimum atomic E-state index is -1.01. The molecule has 0 aromatic heterocycles. The van der Waals surface area contributed by atoms with Crippen molar-refractivity contribution in [3.8, 4) is 11.5 Å². The predicted octanol–water partition coefficient (Wildman–Crippen LogP) is 2.28. The number of aromatic hydroxyl groups is 1. The molecule has 10 nitrogen and oxygen atoms in total. The van der Waals surface area contributed by atoms with Crippen LogP contribution in [-0.2, 0) is 9.53 Å². The Morgan fingerprint density at radius 1 is 1.41 bits per heavy atom. The molecule has 0 spiro atoms. The van der Waals surface area contributed by atoms with Gasteiger partial charge in [-0.05, 0) is 39.3 Å². The van der Waals surface area contributed by atoms with Crippen molar-refractivity contribution in [2.45, 2.75) is 39.8 Å². The summed E-state index contributed by atoms with van der Waals surface area (Å²) >= 11 is 0. The molecule has 2 rings (SSSR count). The summed E-state index contributed by atoms with van der Waals surface area (Å²) in [5.41, 5.74) is -0.0281. The molecule has 1 aromatic rings. The van der Waals surface area contributed by atoms with Gasteiger partial charge in [-0.25, -0.2) is 9.59 Å². The third-order valence-electron chi connectivity index (χ3n) is 3.74. The molecule has 27 heavy (non-hydrogen) atoms. The average molecular weight is 379 g/mol. The Hall–Kier alpha value is -3.30. The summed E-state index contributed by atoms with van der Waals surface area (Å²) in [7, 11) is 0. The molecule has 0 bridgehead atoms. The van der Waals surface area contributed by atoms with Crippen LogP contribution < -0.4 is 15.4 Å². The van der Waals surface area contributed by atoms with Crippen LogP contribution in [0.15, 0.2) is 23.4 Å². The van der Waals surface area contributed by atoms with Crippen LogP contribution in [0.5, 0.6) is 11.5 Å². The summed E-state index contributed by atoms with van der Waals surface area (Å²) in [4.78, 5) is 35.0. The van der Waals surface area contributed by atoms with E-state index in [9.17, 15) is 24.8 Å². The van der Waals surface area contributed by atoms with Gasteiger partial charge < -0.3 is 25.2 Å². The van der Waals surface area contributed by atoms with Crippen LogP contribution >= 0.6 is 0 Å². The van der Waals surface area contributed by atoms with Crippen molar-refractivity contribution in [3.63, 3.8) is 0 Å². The number of carbonyl (C=O) groups is 2. The number of phenolic OH excluding ortho intramolecular Hbond substituents is 1. The number of nitrogens with zero attached hydrogens (tertiary/aromatic N) is 1. The van der Waals surface area contributed by atoms with Crippen LogP contribution in [0, 0.1) is 10.1 Å². The number of hydrogen-bond acceptors (Lipinski definition) is 7. The zero-order valence-electron chi connectivity index (χ0n) is 15.4. The minimum Gasteiger partial charge on any atom is -0.500 e. The van der Waals surface area contributed by atoms with E-state index >= 15 is 0 Å². The van der Waals surface area contributed by atoms with Gasteiger partial charge in [-0.3, -0.25) is 10.1 Å². The number of esters is 1. The zero-order chi connectivity index (χ0) is 20.3. The quantitative estimate of drug-likeness (QED) is 0.391. The number of amides is 2. The molecule has 1 unspecified atom stereocenters. The number of nitro groups is 1. The van der Waals surface area contributed by atoms with Crippen molar-refractivity contribution in [2.75, 3.05) is 6.61 Å². The van der Waals surface area contributed by atoms with E-state index in [2.05, 4.69) is 10.6 Å². The van der Waals surface area contributed by atoms with E-state index in [0.29, 0.717) is 0 Å². The number of hydrogen-bond donors (Lipinski definition) is 3. The molecule has 0 radical (unpaired) electrons. The van der Waals surface area contributed by atoms with Crippen LogP contribution in [-0.4, -0.2) is 34.7 Å². The van der Waals surface area contributed by atoms with E-state index in [4.69, 9.17) is 9.47 Å². The first kappa shape index (κ1) is 20.0. The number of carbonyl (C=O) groups excluding carboxylic acids is 2. The molecule has 1 atom stereocenters. The van der Waals surface area contributed by atoms with Crippen molar-refractivity contribution < 1.29 is 29.1 Å². The van der Waals surface area contributed by atoms with Gasteiger partial charge in [0.15, 0.2) is 5.75 Å². The summed E-state index contributed by atoms with van der Waals surface area (Å²) in [5.74, 6) is -1.42. The first-order valence-corrected chi connectivity index (χ1v) is 8.29. The number of urea groups is 1. The van der Waals surface area contributed by atoms with Gasteiger partial charge in [0.1, 0.15) is 0 Å². The van der Waals surface area contributed by atoms with Gasteiger partial charge in [0.05, 0.1) is 29.2 Å². The molecule has 10 heteroatoms. The normalized spacial score (nSPS) is 16.6. The number of ether oxygens (including phenoxy) is 2. The highest BCUT2D eigenvalue weighted by atomic mass is 16.6. The second kappa shape index (κ2) is 7.94. The maximum atomic E-state index is 12.5. The summed E-state index contributed by atoms with van der Waals surface area (Å²) in [6.45, 7) is 6.69. The third-order valence-corrected chi connectivity index (χ3v) is 3.74. The second-order valence-corrected chi connectivity index (χ2v) is 6.10. The molecular weight excluding hydrogens is 358 g/mol. The van der Waals surface area contributed by atoms with E-state index in [0.717, 1.165) is 6.07 Å². The molecule has 0 fully saturated rings. The average Bonchev–Trinajstić information content (AvgIpc) is 2.55. The van der Waals surface area contributed by atoms with Crippen LogP contribution in [0.3, 0.4) is 0 Å². The molecular formula is C17H21N3O7. The fourth-order valence-electron chi connectivity index (χ4n) is 2.68. The van der Waals surface area contributed by atoms with E-state index in [-0.39, 0.29) is 29.2 Å². The SMILES string of the molecule is CCOc1cc(C2NC(=O)NC(C)=C2C(=O)OC(C)C)cc([N+](=O)[O-])c1O. The summed E-state index contributed by atoms with van der Waals surface area (Å²) in [5, 5.41) is 26.4. The van der Waals surface area contributed by atoms with E-state index in [1.54, 1.807) is 20.8 Å². The number of rotatable bonds is 6. The Kier molecular flexibility index (Phi) is 5.88. The number of allylic oxidation sites excluding steroid dienone is 1. The standard InChI is InChI=1S/C17H21N3O7/c1-5-26-12-7-10(6-11(15(12)21)20(24)25)14-13(16(22)27-8(2)3)9(4)18-17(23)19-14/h6-8,14,21H,5H2,1-4H3,(H2,18,19,23). The molecule has 1 aliphatic rings. The number of nitrogens with one attached hydrogen (secondary N) is 2. The van der Waals surface area contributed by atoms with Crippen molar-refractivity contribution in [1.29, 1.82) is 0 Å². The fourth-order valence-corrected chi connectivity index (χ4v) is 2.68. The van der Waals surface area contributed by atoms with Gasteiger partial charge in [-0.15, -0.1) is 0 Å². The summed E-state index contributed by atoms with van der Waals surface area (Å²) in [6, 6.07) is 0.845. The van der Waals surface area contributed by atoms with E-state index < -0.39 is 40.5 Å². The van der Waals surface area contributed by atoms with Gasteiger partial charge >= 0.3 is 17.7 Å². The van der Waals surface area contributed by atoms with Crippen LogP contribution in [0.4, 0.5) is 10.5 Å². The maximum absolute atomic E-state index is 12.5. The lowest BCUT2D eigenvalue weighted by atomic mass is 9.94. The number of phenols is 1. The second-order valence-electron chi connectivity index (χ2n) is 6.10. The monoisotopic (exact) mass is 379 g/mol. The molecule has 3 N–H and O–H groups in total. The number of benzene rings is 1. The topological polar surface area (TPSA) is 140 Å². The summed E-state index contributed by atoms with van der Waals surface area (Å²) < 4.78 is 10.5. The van der Waals surface area contributed by atoms with E-state index in [1.165, 1.54) is 13.0 Å². The highest BCUT2D eigenvalue weighted by molar-refractivity contribution is 5.95. The molecule has 146 valence electrons. The van der Waals surface area contributed by atoms with Gasteiger partial charge in [-0.1, -0.05) is 0 Å². The lowest BCUT2D eigenvalue weighted by Crippen LogP contribution is -2.45. The largest absolute Gasteiger partial charge is 0.500 e. The van der Waals surface area contributed by atoms with Gasteiger partial charge in [0.2, 0.25) is 5.75 Å². The third kappa shape index (κ3) is 4.27. The molecule has 1 aromatic carbocycles. The first-order valence-electron chi connectivity index (χ1n) is 8.29. The van der Waals surface area contributed by atoms with Crippen LogP contribution in [0.2, 0.25) is 0 Å². The predicted molar refractivity (Wildman–Crippen MR) is 94.3 cm³/mol. The highest BCUT2D eigenvalue weighted by Crippen LogP contribution is 2.40. The van der Waals surface area contributed by atoms with Crippen molar-refractivity contribution >= 4 is 17.7 Å². The van der Waals surface area contributed by atoms with Crippen molar-refractivity contribution in [2.24, 2.45) is 0 Å². The highest BCUT2D eigenvalue weighted by Gasteiger charge is 2.35. The Morgan fingerprint density at radius 3 is 2.63 bits per heavy atom. The zero-order valence-corrected chi connectivity index (χ0v) is 15.4. The molecule has 0 saturated heterocycles. The lowest BCUT2D eigenvalue weighted by Gasteiger charge is -2.28. The van der Waals surface area contributed by atoms with E-state index in [1.807, 2.05) is 0 Å². The number of nitro benzene ring substituents is 1. The first-order chi connectivity index (χ1) is 12.6. The molecule has 0 aliphatic carbocycles. The minimum absolute atomic E-state index is 0.103. The van der Waals surface area contributed by atoms with Crippen LogP contribution in [0.25, 0.3) is 0 Å². The molecule has 1 heterocycles. The van der Waals surface area contributed by atoms with Crippen molar-refractivity contribution in [1.82, 2.24) is 10.6 Å². The van der Waals surface area contributed by atoms with Gasteiger partial charge in [0, 0.05) is 11.8 Å². The Labute approximate surface area is 155 Å².